The van der Waals surface area contributed by atoms with Crippen LogP contribution in [0.15, 0.2) is 0 Å². The van der Waals surface area contributed by atoms with Crippen molar-refractivity contribution in [3.63, 3.8) is 0 Å². The molecule has 6 heteroatoms. The third kappa shape index (κ3) is 13.7. The van der Waals surface area contributed by atoms with Gasteiger partial charge in [0, 0.05) is 19.6 Å². The molecule has 0 aromatic carbocycles. The summed E-state index contributed by atoms with van der Waals surface area (Å²) in [7, 11) is 4.24. The number of nitrogens with zero attached hydrogens (tertiary/aromatic N) is 2. The Hall–Kier alpha value is -0.690. The molecule has 0 aromatic rings. The SMILES string of the molecule is CCCCN(C)CC(CCN(C)CCCN)OCC(=O)NCCC. The maximum absolute atomic E-state index is 11.8. The molecule has 24 heavy (non-hydrogen) atoms. The molecule has 0 aliphatic heterocycles. The molecule has 0 radical (unpaired) electrons. The van der Waals surface area contributed by atoms with Gasteiger partial charge in [0.2, 0.25) is 5.91 Å². The number of unbranched alkanes of at least 4 members (excludes halogenated alkanes) is 1. The van der Waals surface area contributed by atoms with E-state index in [-0.39, 0.29) is 18.6 Å². The number of ether oxygens (including phenoxy) is 1. The Morgan fingerprint density at radius 3 is 2.42 bits per heavy atom. The quantitative estimate of drug-likeness (QED) is 0.442. The number of amides is 1. The van der Waals surface area contributed by atoms with E-state index in [0.29, 0.717) is 6.54 Å². The molecule has 0 aliphatic carbocycles. The maximum Gasteiger partial charge on any atom is 0.246 e. The van der Waals surface area contributed by atoms with E-state index in [1.165, 1.54) is 12.8 Å². The lowest BCUT2D eigenvalue weighted by Crippen LogP contribution is -2.37. The van der Waals surface area contributed by atoms with Gasteiger partial charge >= 0.3 is 0 Å². The highest BCUT2D eigenvalue weighted by atomic mass is 16.5. The Balaban J connectivity index is 4.28. The first kappa shape index (κ1) is 23.3. The fourth-order valence-electron chi connectivity index (χ4n) is 2.44. The van der Waals surface area contributed by atoms with Gasteiger partial charge in [0.25, 0.3) is 0 Å². The summed E-state index contributed by atoms with van der Waals surface area (Å²) in [6.45, 7) is 9.74. The number of hydrogen-bond acceptors (Lipinski definition) is 5. The molecule has 1 unspecified atom stereocenters. The summed E-state index contributed by atoms with van der Waals surface area (Å²) in [4.78, 5) is 16.4. The van der Waals surface area contributed by atoms with E-state index in [4.69, 9.17) is 10.5 Å². The molecule has 0 bridgehead atoms. The van der Waals surface area contributed by atoms with Gasteiger partial charge in [-0.1, -0.05) is 20.3 Å². The number of nitrogens with two attached hydrogens (primary N) is 1. The second kappa shape index (κ2) is 15.8. The Bertz CT molecular complexity index is 303. The van der Waals surface area contributed by atoms with Crippen LogP contribution in [0.1, 0.15) is 46.0 Å². The molecule has 0 rings (SSSR count). The topological polar surface area (TPSA) is 70.8 Å². The number of hydrogen-bond donors (Lipinski definition) is 2. The highest BCUT2D eigenvalue weighted by molar-refractivity contribution is 5.77. The van der Waals surface area contributed by atoms with E-state index in [9.17, 15) is 4.79 Å². The van der Waals surface area contributed by atoms with Crippen molar-refractivity contribution in [3.05, 3.63) is 0 Å². The van der Waals surface area contributed by atoms with E-state index in [2.05, 4.69) is 36.1 Å². The van der Waals surface area contributed by atoms with Crippen molar-refractivity contribution >= 4 is 5.91 Å². The summed E-state index contributed by atoms with van der Waals surface area (Å²) in [6.07, 6.45) is 5.35. The molecule has 1 amide bonds. The lowest BCUT2D eigenvalue weighted by molar-refractivity contribution is -0.128. The first-order valence-corrected chi connectivity index (χ1v) is 9.48. The predicted molar refractivity (Wildman–Crippen MR) is 101 cm³/mol. The van der Waals surface area contributed by atoms with Crippen LogP contribution in [0.4, 0.5) is 0 Å². The van der Waals surface area contributed by atoms with Crippen molar-refractivity contribution in [2.24, 2.45) is 5.73 Å². The largest absolute Gasteiger partial charge is 0.367 e. The molecule has 0 aliphatic rings. The number of carbonyl (C=O) groups is 1. The Morgan fingerprint density at radius 1 is 1.08 bits per heavy atom. The molecular weight excluding hydrogens is 304 g/mol. The zero-order chi connectivity index (χ0) is 18.2. The standard InChI is InChI=1S/C18H40N4O2/c1-5-7-12-22(4)15-17(9-14-21(3)13-8-10-19)24-16-18(23)20-11-6-2/h17H,5-16,19H2,1-4H3,(H,20,23). The summed E-state index contributed by atoms with van der Waals surface area (Å²) in [5.41, 5.74) is 5.56. The van der Waals surface area contributed by atoms with Crippen LogP contribution in [0.25, 0.3) is 0 Å². The zero-order valence-electron chi connectivity index (χ0n) is 16.4. The fourth-order valence-corrected chi connectivity index (χ4v) is 2.44. The minimum Gasteiger partial charge on any atom is -0.367 e. The van der Waals surface area contributed by atoms with Crippen LogP contribution in [0.3, 0.4) is 0 Å². The minimum atomic E-state index is -0.0189. The lowest BCUT2D eigenvalue weighted by atomic mass is 10.2. The molecule has 0 fully saturated rings. The molecule has 0 heterocycles. The Morgan fingerprint density at radius 2 is 1.79 bits per heavy atom. The molecule has 3 N–H and O–H groups in total. The fraction of sp³-hybridized carbons (Fsp3) is 0.944. The molecule has 0 saturated carbocycles. The predicted octanol–water partition coefficient (Wildman–Crippen LogP) is 1.30. The summed E-state index contributed by atoms with van der Waals surface area (Å²) in [5.74, 6) is -0.0189. The van der Waals surface area contributed by atoms with Crippen molar-refractivity contribution in [1.29, 1.82) is 0 Å². The summed E-state index contributed by atoms with van der Waals surface area (Å²) in [6, 6.07) is 0. The van der Waals surface area contributed by atoms with Gasteiger partial charge in [-0.2, -0.15) is 0 Å². The number of carbonyl (C=O) groups excluding carboxylic acids is 1. The smallest absolute Gasteiger partial charge is 0.246 e. The van der Waals surface area contributed by atoms with Gasteiger partial charge in [-0.15, -0.1) is 0 Å². The number of nitrogens with one attached hydrogen (secondary N) is 1. The molecule has 0 aromatic heterocycles. The first-order valence-electron chi connectivity index (χ1n) is 9.48. The number of likely N-dealkylation sites (N-methyl/N-ethyl adjacent to an activating group) is 1. The van der Waals surface area contributed by atoms with Gasteiger partial charge in [0.05, 0.1) is 6.10 Å². The van der Waals surface area contributed by atoms with Crippen LogP contribution in [0.5, 0.6) is 0 Å². The molecule has 144 valence electrons. The average molecular weight is 345 g/mol. The molecular formula is C18H40N4O2. The lowest BCUT2D eigenvalue weighted by Gasteiger charge is -2.26. The molecule has 6 nitrogen and oxygen atoms in total. The van der Waals surface area contributed by atoms with Gasteiger partial charge < -0.3 is 25.6 Å². The molecule has 1 atom stereocenters. The average Bonchev–Trinajstić information content (AvgIpc) is 2.58. The van der Waals surface area contributed by atoms with E-state index in [0.717, 1.165) is 52.0 Å². The third-order valence-electron chi connectivity index (χ3n) is 4.01. The van der Waals surface area contributed by atoms with Gasteiger partial charge in [0.15, 0.2) is 0 Å². The minimum absolute atomic E-state index is 0.0189. The summed E-state index contributed by atoms with van der Waals surface area (Å²) in [5, 5.41) is 2.87. The molecule has 0 spiro atoms. The Kier molecular flexibility index (Phi) is 15.4. The van der Waals surface area contributed by atoms with Crippen molar-refractivity contribution in [1.82, 2.24) is 15.1 Å². The second-order valence-corrected chi connectivity index (χ2v) is 6.63. The van der Waals surface area contributed by atoms with Crippen molar-refractivity contribution in [3.8, 4) is 0 Å². The van der Waals surface area contributed by atoms with Crippen LogP contribution in [0, 0.1) is 0 Å². The molecule has 0 saturated heterocycles. The van der Waals surface area contributed by atoms with E-state index in [1.807, 2.05) is 6.92 Å². The van der Waals surface area contributed by atoms with Crippen LogP contribution in [0.2, 0.25) is 0 Å². The first-order chi connectivity index (χ1) is 11.5. The highest BCUT2D eigenvalue weighted by Gasteiger charge is 2.15. The normalized spacial score (nSPS) is 12.8. The summed E-state index contributed by atoms with van der Waals surface area (Å²) < 4.78 is 5.90. The van der Waals surface area contributed by atoms with E-state index >= 15 is 0 Å². The Labute approximate surface area is 149 Å². The summed E-state index contributed by atoms with van der Waals surface area (Å²) >= 11 is 0. The van der Waals surface area contributed by atoms with Crippen LogP contribution in [-0.2, 0) is 9.53 Å². The van der Waals surface area contributed by atoms with Crippen LogP contribution in [-0.4, -0.2) is 81.8 Å². The van der Waals surface area contributed by atoms with Gasteiger partial charge in [0.1, 0.15) is 6.61 Å². The maximum atomic E-state index is 11.8. The van der Waals surface area contributed by atoms with Crippen molar-refractivity contribution in [2.75, 3.05) is 60.0 Å². The van der Waals surface area contributed by atoms with Crippen molar-refractivity contribution in [2.45, 2.75) is 52.1 Å². The third-order valence-corrected chi connectivity index (χ3v) is 4.01. The van der Waals surface area contributed by atoms with E-state index < -0.39 is 0 Å². The van der Waals surface area contributed by atoms with Crippen molar-refractivity contribution < 1.29 is 9.53 Å². The van der Waals surface area contributed by atoms with Crippen LogP contribution < -0.4 is 11.1 Å². The monoisotopic (exact) mass is 344 g/mol. The number of rotatable bonds is 16. The van der Waals surface area contributed by atoms with Gasteiger partial charge in [-0.05, 0) is 59.4 Å². The van der Waals surface area contributed by atoms with Gasteiger partial charge in [-0.25, -0.2) is 0 Å². The second-order valence-electron chi connectivity index (χ2n) is 6.63. The van der Waals surface area contributed by atoms with Crippen LogP contribution >= 0.6 is 0 Å². The highest BCUT2D eigenvalue weighted by Crippen LogP contribution is 2.05. The van der Waals surface area contributed by atoms with E-state index in [1.54, 1.807) is 0 Å². The van der Waals surface area contributed by atoms with Gasteiger partial charge in [-0.3, -0.25) is 4.79 Å². The zero-order valence-corrected chi connectivity index (χ0v) is 16.4.